The van der Waals surface area contributed by atoms with E-state index >= 15 is 0 Å². The number of hydrogen-bond acceptors (Lipinski definition) is 4. The summed E-state index contributed by atoms with van der Waals surface area (Å²) in [6.45, 7) is 8.95. The first kappa shape index (κ1) is 18.1. The van der Waals surface area contributed by atoms with Crippen LogP contribution in [0.5, 0.6) is 0 Å². The highest BCUT2D eigenvalue weighted by molar-refractivity contribution is 5.67. The molecule has 0 aliphatic rings. The maximum Gasteiger partial charge on any atom is 0.407 e. The number of aromatic nitrogens is 1. The number of amides is 1. The molecule has 22 heavy (non-hydrogen) atoms. The van der Waals surface area contributed by atoms with Crippen molar-refractivity contribution in [3.05, 3.63) is 23.5 Å². The quantitative estimate of drug-likeness (QED) is 0.790. The molecule has 0 saturated heterocycles. The Bertz CT molecular complexity index is 537. The maximum absolute atomic E-state index is 11.6. The molecule has 1 heterocycles. The molecule has 122 valence electrons. The zero-order chi connectivity index (χ0) is 16.8. The number of ether oxygens (including phenoxy) is 1. The largest absolute Gasteiger partial charge is 0.444 e. The van der Waals surface area contributed by atoms with E-state index < -0.39 is 5.60 Å². The first-order valence-electron chi connectivity index (χ1n) is 7.47. The van der Waals surface area contributed by atoms with E-state index in [-0.39, 0.29) is 12.1 Å². The van der Waals surface area contributed by atoms with Gasteiger partial charge in [0.15, 0.2) is 0 Å². The lowest BCUT2D eigenvalue weighted by molar-refractivity contribution is 0.0506. The second-order valence-corrected chi connectivity index (χ2v) is 6.47. The standard InChI is InChI=1S/C16H26N4O2/c1-12(19-15(21)22-16(2,3)4)6-7-18-10-13-8-14(9-17)20(5)11-13/h8,11-12,18H,6-7,10H2,1-5H3,(H,19,21). The molecule has 1 aromatic heterocycles. The van der Waals surface area contributed by atoms with Crippen LogP contribution in [0.3, 0.4) is 0 Å². The van der Waals surface area contributed by atoms with Crippen LogP contribution in [0.4, 0.5) is 4.79 Å². The van der Waals surface area contributed by atoms with Crippen LogP contribution in [0, 0.1) is 11.3 Å². The van der Waals surface area contributed by atoms with Crippen LogP contribution < -0.4 is 10.6 Å². The molecule has 0 radical (unpaired) electrons. The van der Waals surface area contributed by atoms with Crippen molar-refractivity contribution >= 4 is 6.09 Å². The Morgan fingerprint density at radius 1 is 1.50 bits per heavy atom. The summed E-state index contributed by atoms with van der Waals surface area (Å²) >= 11 is 0. The van der Waals surface area contributed by atoms with E-state index in [4.69, 9.17) is 10.00 Å². The van der Waals surface area contributed by atoms with Gasteiger partial charge in [0.1, 0.15) is 17.4 Å². The summed E-state index contributed by atoms with van der Waals surface area (Å²) in [5.41, 5.74) is 1.25. The van der Waals surface area contributed by atoms with Crippen molar-refractivity contribution in [2.24, 2.45) is 7.05 Å². The summed E-state index contributed by atoms with van der Waals surface area (Å²) in [5.74, 6) is 0. The van der Waals surface area contributed by atoms with E-state index in [0.29, 0.717) is 12.2 Å². The predicted octanol–water partition coefficient (Wildman–Crippen LogP) is 2.29. The van der Waals surface area contributed by atoms with Gasteiger partial charge in [-0.25, -0.2) is 4.79 Å². The molecule has 2 N–H and O–H groups in total. The van der Waals surface area contributed by atoms with Crippen molar-refractivity contribution in [1.82, 2.24) is 15.2 Å². The van der Waals surface area contributed by atoms with Gasteiger partial charge >= 0.3 is 6.09 Å². The molecule has 0 aliphatic heterocycles. The van der Waals surface area contributed by atoms with Crippen LogP contribution in [-0.4, -0.2) is 28.8 Å². The molecular weight excluding hydrogens is 280 g/mol. The fraction of sp³-hybridized carbons (Fsp3) is 0.625. The first-order valence-corrected chi connectivity index (χ1v) is 7.47. The minimum absolute atomic E-state index is 0.0350. The van der Waals surface area contributed by atoms with Crippen LogP contribution in [0.2, 0.25) is 0 Å². The second kappa shape index (κ2) is 7.85. The highest BCUT2D eigenvalue weighted by Crippen LogP contribution is 2.07. The van der Waals surface area contributed by atoms with Crippen LogP contribution in [0.25, 0.3) is 0 Å². The van der Waals surface area contributed by atoms with Crippen molar-refractivity contribution in [2.75, 3.05) is 6.54 Å². The van der Waals surface area contributed by atoms with E-state index in [9.17, 15) is 4.79 Å². The summed E-state index contributed by atoms with van der Waals surface area (Å²) in [6.07, 6.45) is 2.35. The number of nitrogens with zero attached hydrogens (tertiary/aromatic N) is 2. The molecule has 0 fully saturated rings. The lowest BCUT2D eigenvalue weighted by Crippen LogP contribution is -2.38. The highest BCUT2D eigenvalue weighted by Gasteiger charge is 2.17. The normalized spacial score (nSPS) is 12.5. The molecular formula is C16H26N4O2. The zero-order valence-corrected chi connectivity index (χ0v) is 14.1. The maximum atomic E-state index is 11.6. The first-order chi connectivity index (χ1) is 10.2. The van der Waals surface area contributed by atoms with E-state index in [1.165, 1.54) is 0 Å². The third-order valence-corrected chi connectivity index (χ3v) is 3.02. The lowest BCUT2D eigenvalue weighted by atomic mass is 10.2. The summed E-state index contributed by atoms with van der Waals surface area (Å²) in [6, 6.07) is 4.04. The van der Waals surface area contributed by atoms with Crippen LogP contribution in [0.1, 0.15) is 45.4 Å². The van der Waals surface area contributed by atoms with Gasteiger partial charge in [0, 0.05) is 25.8 Å². The molecule has 0 aliphatic carbocycles. The Balaban J connectivity index is 2.23. The number of nitrogens with one attached hydrogen (secondary N) is 2. The van der Waals surface area contributed by atoms with Gasteiger partial charge in [0.2, 0.25) is 0 Å². The van der Waals surface area contributed by atoms with Crippen LogP contribution >= 0.6 is 0 Å². The number of carbonyl (C=O) groups is 1. The highest BCUT2D eigenvalue weighted by atomic mass is 16.6. The molecule has 6 nitrogen and oxygen atoms in total. The van der Waals surface area contributed by atoms with Crippen molar-refractivity contribution in [1.29, 1.82) is 5.26 Å². The van der Waals surface area contributed by atoms with E-state index in [0.717, 1.165) is 18.5 Å². The minimum Gasteiger partial charge on any atom is -0.444 e. The molecule has 1 aromatic rings. The second-order valence-electron chi connectivity index (χ2n) is 6.47. The minimum atomic E-state index is -0.478. The Hall–Kier alpha value is -2.00. The van der Waals surface area contributed by atoms with Gasteiger partial charge in [-0.15, -0.1) is 0 Å². The molecule has 1 unspecified atom stereocenters. The third kappa shape index (κ3) is 6.64. The smallest absolute Gasteiger partial charge is 0.407 e. The van der Waals surface area contributed by atoms with Crippen molar-refractivity contribution in [3.63, 3.8) is 0 Å². The molecule has 1 amide bonds. The number of nitriles is 1. The number of hydrogen-bond donors (Lipinski definition) is 2. The van der Waals surface area contributed by atoms with Gasteiger partial charge in [-0.1, -0.05) is 0 Å². The Morgan fingerprint density at radius 2 is 2.18 bits per heavy atom. The van der Waals surface area contributed by atoms with Crippen molar-refractivity contribution in [3.8, 4) is 6.07 Å². The number of carbonyl (C=O) groups excluding carboxylic acids is 1. The molecule has 1 rings (SSSR count). The van der Waals surface area contributed by atoms with Gasteiger partial charge in [-0.05, 0) is 52.3 Å². The zero-order valence-electron chi connectivity index (χ0n) is 14.1. The van der Waals surface area contributed by atoms with Crippen LogP contribution in [-0.2, 0) is 18.3 Å². The van der Waals surface area contributed by atoms with E-state index in [2.05, 4.69) is 16.7 Å². The summed E-state index contributed by atoms with van der Waals surface area (Å²) in [7, 11) is 1.86. The lowest BCUT2D eigenvalue weighted by Gasteiger charge is -2.22. The van der Waals surface area contributed by atoms with Gasteiger partial charge in [-0.2, -0.15) is 5.26 Å². The monoisotopic (exact) mass is 306 g/mol. The molecule has 0 aromatic carbocycles. The number of rotatable bonds is 6. The van der Waals surface area contributed by atoms with Gasteiger partial charge in [0.05, 0.1) is 0 Å². The van der Waals surface area contributed by atoms with Crippen LogP contribution in [0.15, 0.2) is 12.3 Å². The molecule has 1 atom stereocenters. The van der Waals surface area contributed by atoms with Gasteiger partial charge < -0.3 is 19.9 Å². The fourth-order valence-corrected chi connectivity index (χ4v) is 1.97. The number of alkyl carbamates (subject to hydrolysis) is 1. The SMILES string of the molecule is CC(CCNCc1cc(C#N)n(C)c1)NC(=O)OC(C)(C)C. The van der Waals surface area contributed by atoms with E-state index in [1.807, 2.05) is 51.6 Å². The summed E-state index contributed by atoms with van der Waals surface area (Å²) < 4.78 is 7.02. The Kier molecular flexibility index (Phi) is 6.44. The van der Waals surface area contributed by atoms with Crippen molar-refractivity contribution < 1.29 is 9.53 Å². The van der Waals surface area contributed by atoms with E-state index in [1.54, 1.807) is 0 Å². The third-order valence-electron chi connectivity index (χ3n) is 3.02. The van der Waals surface area contributed by atoms with Gasteiger partial charge in [-0.3, -0.25) is 0 Å². The molecule has 6 heteroatoms. The Morgan fingerprint density at radius 3 is 2.73 bits per heavy atom. The summed E-state index contributed by atoms with van der Waals surface area (Å²) in [5, 5.41) is 15.0. The average molecular weight is 306 g/mol. The molecule has 0 spiro atoms. The van der Waals surface area contributed by atoms with Gasteiger partial charge in [0.25, 0.3) is 0 Å². The average Bonchev–Trinajstić information content (AvgIpc) is 2.72. The predicted molar refractivity (Wildman–Crippen MR) is 85.3 cm³/mol. The molecule has 0 bridgehead atoms. The van der Waals surface area contributed by atoms with Crippen molar-refractivity contribution in [2.45, 2.75) is 52.3 Å². The summed E-state index contributed by atoms with van der Waals surface area (Å²) in [4.78, 5) is 11.6. The number of aryl methyl sites for hydroxylation is 1. The Labute approximate surface area is 132 Å². The fourth-order valence-electron chi connectivity index (χ4n) is 1.97. The molecule has 0 saturated carbocycles. The topological polar surface area (TPSA) is 79.1 Å².